The Morgan fingerprint density at radius 2 is 2.04 bits per heavy atom. The van der Waals surface area contributed by atoms with Crippen molar-refractivity contribution in [3.63, 3.8) is 0 Å². The van der Waals surface area contributed by atoms with E-state index in [1.165, 1.54) is 18.5 Å². The third-order valence-electron chi connectivity index (χ3n) is 5.09. The number of sulfonamides is 1. The molecule has 0 unspecified atom stereocenters. The number of aryl methyl sites for hydroxylation is 1. The van der Waals surface area contributed by atoms with Crippen LogP contribution in [0.2, 0.25) is 0 Å². The lowest BCUT2D eigenvalue weighted by atomic mass is 10.0. The molecule has 1 saturated heterocycles. The number of nitrogens with zero attached hydrogens (tertiary/aromatic N) is 3. The molecule has 1 aliphatic rings. The first-order chi connectivity index (χ1) is 13.3. The van der Waals surface area contributed by atoms with Gasteiger partial charge < -0.3 is 4.90 Å². The first-order valence-corrected chi connectivity index (χ1v) is 10.7. The highest BCUT2D eigenvalue weighted by atomic mass is 32.2. The summed E-state index contributed by atoms with van der Waals surface area (Å²) >= 11 is 0. The first-order valence-electron chi connectivity index (χ1n) is 9.24. The maximum Gasteiger partial charge on any atom is 0.242 e. The van der Waals surface area contributed by atoms with E-state index >= 15 is 0 Å². The fraction of sp³-hybridized carbons (Fsp3) is 0.400. The van der Waals surface area contributed by atoms with Gasteiger partial charge in [0, 0.05) is 45.1 Å². The quantitative estimate of drug-likeness (QED) is 0.790. The van der Waals surface area contributed by atoms with Crippen molar-refractivity contribution in [2.45, 2.75) is 37.4 Å². The van der Waals surface area contributed by atoms with E-state index in [-0.39, 0.29) is 29.4 Å². The average molecular weight is 403 g/mol. The maximum absolute atomic E-state index is 12.6. The molecular formula is C20H26N4O3S. The second-order valence-corrected chi connectivity index (χ2v) is 9.02. The smallest absolute Gasteiger partial charge is 0.242 e. The summed E-state index contributed by atoms with van der Waals surface area (Å²) in [5.41, 5.74) is 2.25. The number of nitrogens with one attached hydrogen (secondary N) is 1. The topological polar surface area (TPSA) is 82.6 Å². The van der Waals surface area contributed by atoms with Gasteiger partial charge in [0.1, 0.15) is 4.90 Å². The molecule has 0 spiro atoms. The minimum absolute atomic E-state index is 0.0408. The number of carbonyl (C=O) groups is 1. The number of hydrogen-bond donors (Lipinski definition) is 1. The van der Waals surface area contributed by atoms with Gasteiger partial charge in [-0.25, -0.2) is 13.1 Å². The molecule has 150 valence electrons. The monoisotopic (exact) mass is 402 g/mol. The van der Waals surface area contributed by atoms with E-state index in [0.29, 0.717) is 13.1 Å². The fourth-order valence-electron chi connectivity index (χ4n) is 3.55. The fourth-order valence-corrected chi connectivity index (χ4v) is 4.59. The zero-order valence-corrected chi connectivity index (χ0v) is 17.2. The SMILES string of the molecule is Cc1cccc(CN2[C@H](CNS(=O)(=O)c3cccnc3)CN(C)C(=O)[C@@H]2C)c1. The molecule has 3 rings (SSSR count). The van der Waals surface area contributed by atoms with E-state index in [1.807, 2.05) is 32.0 Å². The lowest BCUT2D eigenvalue weighted by Gasteiger charge is -2.44. The van der Waals surface area contributed by atoms with Gasteiger partial charge in [0.25, 0.3) is 0 Å². The zero-order chi connectivity index (χ0) is 20.3. The normalized spacial score (nSPS) is 21.1. The summed E-state index contributed by atoms with van der Waals surface area (Å²) in [6.45, 7) is 5.16. The van der Waals surface area contributed by atoms with Crippen LogP contribution in [-0.2, 0) is 21.4 Å². The van der Waals surface area contributed by atoms with E-state index in [4.69, 9.17) is 0 Å². The van der Waals surface area contributed by atoms with Crippen molar-refractivity contribution in [2.75, 3.05) is 20.1 Å². The van der Waals surface area contributed by atoms with Crippen molar-refractivity contribution in [3.05, 3.63) is 59.9 Å². The Bertz CT molecular complexity index is 933. The lowest BCUT2D eigenvalue weighted by molar-refractivity contribution is -0.142. The molecule has 0 saturated carbocycles. The highest BCUT2D eigenvalue weighted by Crippen LogP contribution is 2.20. The predicted octanol–water partition coefficient (Wildman–Crippen LogP) is 1.40. The number of hydrogen-bond acceptors (Lipinski definition) is 5. The van der Waals surface area contributed by atoms with Gasteiger partial charge in [-0.3, -0.25) is 14.7 Å². The largest absolute Gasteiger partial charge is 0.343 e. The van der Waals surface area contributed by atoms with Crippen LogP contribution in [0.4, 0.5) is 0 Å². The molecule has 0 bridgehead atoms. The van der Waals surface area contributed by atoms with Crippen LogP contribution >= 0.6 is 0 Å². The molecule has 7 nitrogen and oxygen atoms in total. The lowest BCUT2D eigenvalue weighted by Crippen LogP contribution is -2.62. The molecule has 0 aliphatic carbocycles. The Balaban J connectivity index is 1.78. The van der Waals surface area contributed by atoms with Crippen molar-refractivity contribution in [1.29, 1.82) is 0 Å². The zero-order valence-electron chi connectivity index (χ0n) is 16.4. The van der Waals surface area contributed by atoms with Crippen molar-refractivity contribution < 1.29 is 13.2 Å². The van der Waals surface area contributed by atoms with E-state index in [9.17, 15) is 13.2 Å². The van der Waals surface area contributed by atoms with Gasteiger partial charge in [0.2, 0.25) is 15.9 Å². The third kappa shape index (κ3) is 4.57. The van der Waals surface area contributed by atoms with E-state index < -0.39 is 10.0 Å². The maximum atomic E-state index is 12.6. The summed E-state index contributed by atoms with van der Waals surface area (Å²) in [5, 5.41) is 0. The summed E-state index contributed by atoms with van der Waals surface area (Å²) in [6.07, 6.45) is 2.86. The van der Waals surface area contributed by atoms with Gasteiger partial charge in [-0.1, -0.05) is 29.8 Å². The Hall–Kier alpha value is -2.29. The van der Waals surface area contributed by atoms with Crippen molar-refractivity contribution in [3.8, 4) is 0 Å². The minimum Gasteiger partial charge on any atom is -0.343 e. The molecule has 1 aromatic heterocycles. The van der Waals surface area contributed by atoms with E-state index in [0.717, 1.165) is 11.1 Å². The summed E-state index contributed by atoms with van der Waals surface area (Å²) in [5.74, 6) is 0.0408. The van der Waals surface area contributed by atoms with Gasteiger partial charge >= 0.3 is 0 Å². The number of amides is 1. The van der Waals surface area contributed by atoms with Crippen LogP contribution in [0.15, 0.2) is 53.7 Å². The molecule has 0 radical (unpaired) electrons. The molecule has 1 N–H and O–H groups in total. The van der Waals surface area contributed by atoms with E-state index in [2.05, 4.69) is 20.7 Å². The molecule has 2 aromatic rings. The van der Waals surface area contributed by atoms with Crippen LogP contribution in [0, 0.1) is 6.92 Å². The second-order valence-electron chi connectivity index (χ2n) is 7.25. The van der Waals surface area contributed by atoms with Gasteiger partial charge in [-0.15, -0.1) is 0 Å². The highest BCUT2D eigenvalue weighted by molar-refractivity contribution is 7.89. The minimum atomic E-state index is -3.65. The van der Waals surface area contributed by atoms with Crippen LogP contribution in [-0.4, -0.2) is 61.3 Å². The molecule has 28 heavy (non-hydrogen) atoms. The molecule has 1 aromatic carbocycles. The number of carbonyl (C=O) groups excluding carboxylic acids is 1. The molecular weight excluding hydrogens is 376 g/mol. The molecule has 1 fully saturated rings. The number of piperazine rings is 1. The Kier molecular flexibility index (Phi) is 6.12. The standard InChI is InChI=1S/C20H26N4O3S/c1-15-6-4-7-17(10-15)13-24-16(2)20(25)23(3)14-18(24)11-22-28(26,27)19-8-5-9-21-12-19/h4-10,12,16,18,22H,11,13-14H2,1-3H3/t16-,18+/m0/s1. The van der Waals surface area contributed by atoms with Crippen molar-refractivity contribution in [1.82, 2.24) is 19.5 Å². The molecule has 2 heterocycles. The van der Waals surface area contributed by atoms with Crippen molar-refractivity contribution >= 4 is 15.9 Å². The second kappa shape index (κ2) is 8.38. The van der Waals surface area contributed by atoms with Crippen LogP contribution < -0.4 is 4.72 Å². The molecule has 1 amide bonds. The Morgan fingerprint density at radius 1 is 1.25 bits per heavy atom. The van der Waals surface area contributed by atoms with Gasteiger partial charge in [0.15, 0.2) is 0 Å². The number of likely N-dealkylation sites (N-methyl/N-ethyl adjacent to an activating group) is 1. The van der Waals surface area contributed by atoms with Gasteiger partial charge in [-0.2, -0.15) is 0 Å². The van der Waals surface area contributed by atoms with Crippen LogP contribution in [0.1, 0.15) is 18.1 Å². The molecule has 2 atom stereocenters. The predicted molar refractivity (Wildman–Crippen MR) is 107 cm³/mol. The first kappa shape index (κ1) is 20.4. The summed E-state index contributed by atoms with van der Waals surface area (Å²) in [7, 11) is -1.90. The number of aromatic nitrogens is 1. The molecule has 8 heteroatoms. The van der Waals surface area contributed by atoms with Gasteiger partial charge in [0.05, 0.1) is 6.04 Å². The average Bonchev–Trinajstić information content (AvgIpc) is 2.68. The van der Waals surface area contributed by atoms with Crippen molar-refractivity contribution in [2.24, 2.45) is 0 Å². The van der Waals surface area contributed by atoms with E-state index in [1.54, 1.807) is 18.0 Å². The van der Waals surface area contributed by atoms with Crippen LogP contribution in [0.25, 0.3) is 0 Å². The summed E-state index contributed by atoms with van der Waals surface area (Å²) in [6, 6.07) is 10.8. The van der Waals surface area contributed by atoms with Crippen LogP contribution in [0.5, 0.6) is 0 Å². The highest BCUT2D eigenvalue weighted by Gasteiger charge is 2.36. The number of pyridine rings is 1. The number of rotatable bonds is 6. The third-order valence-corrected chi connectivity index (χ3v) is 6.49. The van der Waals surface area contributed by atoms with Gasteiger partial charge in [-0.05, 0) is 31.5 Å². The summed E-state index contributed by atoms with van der Waals surface area (Å²) in [4.78, 5) is 20.2. The number of benzene rings is 1. The summed E-state index contributed by atoms with van der Waals surface area (Å²) < 4.78 is 27.8. The van der Waals surface area contributed by atoms with Crippen LogP contribution in [0.3, 0.4) is 0 Å². The molecule has 1 aliphatic heterocycles. The Labute approximate surface area is 166 Å². The Morgan fingerprint density at radius 3 is 2.71 bits per heavy atom.